The standard InChI is InChI=1S/C18H23N3O3/c1-13-14(2)19-20(3)17(23)16(13)18(24)21(11-12-22)10-9-15-7-5-4-6-8-15/h4-8,22H,9-12H2,1-3H3. The lowest BCUT2D eigenvalue weighted by Gasteiger charge is -2.23. The molecule has 0 unspecified atom stereocenters. The number of aromatic nitrogens is 2. The normalized spacial score (nSPS) is 10.7. The van der Waals surface area contributed by atoms with Crippen LogP contribution in [0.5, 0.6) is 0 Å². The Kier molecular flexibility index (Phi) is 5.87. The molecule has 2 rings (SSSR count). The zero-order valence-electron chi connectivity index (χ0n) is 14.3. The van der Waals surface area contributed by atoms with Gasteiger partial charge in [0.2, 0.25) is 0 Å². The minimum absolute atomic E-state index is 0.131. The average Bonchev–Trinajstić information content (AvgIpc) is 2.58. The van der Waals surface area contributed by atoms with E-state index in [-0.39, 0.29) is 24.6 Å². The highest BCUT2D eigenvalue weighted by molar-refractivity contribution is 5.95. The molecule has 0 aliphatic heterocycles. The van der Waals surface area contributed by atoms with Crippen LogP contribution in [0, 0.1) is 13.8 Å². The molecule has 6 nitrogen and oxygen atoms in total. The Morgan fingerprint density at radius 1 is 1.21 bits per heavy atom. The maximum Gasteiger partial charge on any atom is 0.279 e. The molecule has 0 bridgehead atoms. The zero-order chi connectivity index (χ0) is 17.7. The van der Waals surface area contributed by atoms with Crippen LogP contribution in [-0.4, -0.2) is 45.4 Å². The van der Waals surface area contributed by atoms with E-state index in [1.165, 1.54) is 16.6 Å². The van der Waals surface area contributed by atoms with Gasteiger partial charge in [-0.15, -0.1) is 0 Å². The topological polar surface area (TPSA) is 75.4 Å². The number of rotatable bonds is 6. The van der Waals surface area contributed by atoms with E-state index in [0.29, 0.717) is 24.2 Å². The number of aliphatic hydroxyl groups excluding tert-OH is 1. The molecule has 1 aromatic carbocycles. The summed E-state index contributed by atoms with van der Waals surface area (Å²) in [5.41, 5.74) is 2.05. The first-order chi connectivity index (χ1) is 11.5. The minimum Gasteiger partial charge on any atom is -0.395 e. The van der Waals surface area contributed by atoms with Gasteiger partial charge in [0.15, 0.2) is 0 Å². The number of carbonyl (C=O) groups is 1. The van der Waals surface area contributed by atoms with Crippen LogP contribution < -0.4 is 5.56 Å². The van der Waals surface area contributed by atoms with E-state index in [2.05, 4.69) is 5.10 Å². The largest absolute Gasteiger partial charge is 0.395 e. The van der Waals surface area contributed by atoms with Gasteiger partial charge >= 0.3 is 0 Å². The van der Waals surface area contributed by atoms with Gasteiger partial charge in [0.05, 0.1) is 12.3 Å². The van der Waals surface area contributed by atoms with E-state index in [4.69, 9.17) is 0 Å². The predicted octanol–water partition coefficient (Wildman–Crippen LogP) is 1.07. The Morgan fingerprint density at radius 3 is 2.50 bits per heavy atom. The molecule has 1 heterocycles. The van der Waals surface area contributed by atoms with Crippen molar-refractivity contribution in [3.63, 3.8) is 0 Å². The van der Waals surface area contributed by atoms with E-state index >= 15 is 0 Å². The Morgan fingerprint density at radius 2 is 1.88 bits per heavy atom. The van der Waals surface area contributed by atoms with Gasteiger partial charge in [-0.3, -0.25) is 9.59 Å². The van der Waals surface area contributed by atoms with Crippen molar-refractivity contribution in [2.45, 2.75) is 20.3 Å². The summed E-state index contributed by atoms with van der Waals surface area (Å²) >= 11 is 0. The van der Waals surface area contributed by atoms with Gasteiger partial charge in [-0.2, -0.15) is 5.10 Å². The second kappa shape index (κ2) is 7.88. The Hall–Kier alpha value is -2.47. The van der Waals surface area contributed by atoms with E-state index in [1.807, 2.05) is 30.3 Å². The van der Waals surface area contributed by atoms with Gasteiger partial charge in [0.25, 0.3) is 11.5 Å². The lowest BCUT2D eigenvalue weighted by molar-refractivity contribution is 0.0720. The highest BCUT2D eigenvalue weighted by Gasteiger charge is 2.23. The van der Waals surface area contributed by atoms with E-state index in [9.17, 15) is 14.7 Å². The van der Waals surface area contributed by atoms with Crippen LogP contribution >= 0.6 is 0 Å². The molecule has 1 aromatic heterocycles. The van der Waals surface area contributed by atoms with Gasteiger partial charge in [0, 0.05) is 20.1 Å². The van der Waals surface area contributed by atoms with Crippen molar-refractivity contribution in [1.29, 1.82) is 0 Å². The summed E-state index contributed by atoms with van der Waals surface area (Å²) in [6.07, 6.45) is 0.663. The smallest absolute Gasteiger partial charge is 0.279 e. The molecule has 0 aliphatic carbocycles. The Bertz CT molecular complexity index is 769. The average molecular weight is 329 g/mol. The molecule has 1 N–H and O–H groups in total. The van der Waals surface area contributed by atoms with Crippen molar-refractivity contribution in [2.24, 2.45) is 7.05 Å². The summed E-state index contributed by atoms with van der Waals surface area (Å²) in [4.78, 5) is 26.8. The molecule has 1 amide bonds. The van der Waals surface area contributed by atoms with Crippen molar-refractivity contribution in [2.75, 3.05) is 19.7 Å². The number of amides is 1. The molecule has 0 radical (unpaired) electrons. The molecular weight excluding hydrogens is 306 g/mol. The maximum absolute atomic E-state index is 12.9. The van der Waals surface area contributed by atoms with Gasteiger partial charge < -0.3 is 10.0 Å². The van der Waals surface area contributed by atoms with Crippen molar-refractivity contribution in [1.82, 2.24) is 14.7 Å². The molecule has 0 atom stereocenters. The first-order valence-electron chi connectivity index (χ1n) is 7.94. The number of aliphatic hydroxyl groups is 1. The number of aryl methyl sites for hydroxylation is 2. The van der Waals surface area contributed by atoms with Gasteiger partial charge in [-0.1, -0.05) is 30.3 Å². The van der Waals surface area contributed by atoms with Gasteiger partial charge in [-0.05, 0) is 31.4 Å². The first kappa shape index (κ1) is 17.9. The fraction of sp³-hybridized carbons (Fsp3) is 0.389. The van der Waals surface area contributed by atoms with Crippen molar-refractivity contribution >= 4 is 5.91 Å². The first-order valence-corrected chi connectivity index (χ1v) is 7.94. The van der Waals surface area contributed by atoms with Crippen LogP contribution in [0.1, 0.15) is 27.2 Å². The van der Waals surface area contributed by atoms with Crippen molar-refractivity contribution < 1.29 is 9.90 Å². The zero-order valence-corrected chi connectivity index (χ0v) is 14.3. The predicted molar refractivity (Wildman–Crippen MR) is 92.1 cm³/mol. The number of nitrogens with zero attached hydrogens (tertiary/aromatic N) is 3. The van der Waals surface area contributed by atoms with Crippen molar-refractivity contribution in [3.05, 3.63) is 63.1 Å². The minimum atomic E-state index is -0.411. The lowest BCUT2D eigenvalue weighted by atomic mass is 10.1. The van der Waals surface area contributed by atoms with Crippen LogP contribution in [0.15, 0.2) is 35.1 Å². The lowest BCUT2D eigenvalue weighted by Crippen LogP contribution is -2.40. The maximum atomic E-state index is 12.9. The molecule has 24 heavy (non-hydrogen) atoms. The van der Waals surface area contributed by atoms with Crippen LogP contribution in [0.3, 0.4) is 0 Å². The third-order valence-electron chi connectivity index (χ3n) is 4.11. The fourth-order valence-corrected chi connectivity index (χ4v) is 2.60. The van der Waals surface area contributed by atoms with E-state index < -0.39 is 5.56 Å². The third kappa shape index (κ3) is 3.89. The molecule has 0 spiro atoms. The summed E-state index contributed by atoms with van der Waals surface area (Å²) in [5, 5.41) is 13.4. The summed E-state index contributed by atoms with van der Waals surface area (Å²) in [6, 6.07) is 9.80. The number of hydrogen-bond acceptors (Lipinski definition) is 4. The Labute approximate surface area is 141 Å². The van der Waals surface area contributed by atoms with Crippen molar-refractivity contribution in [3.8, 4) is 0 Å². The number of carbonyl (C=O) groups excluding carboxylic acids is 1. The summed E-state index contributed by atoms with van der Waals surface area (Å²) in [6.45, 7) is 3.98. The van der Waals surface area contributed by atoms with E-state index in [1.54, 1.807) is 13.8 Å². The molecule has 0 fully saturated rings. The van der Waals surface area contributed by atoms with Crippen LogP contribution in [0.4, 0.5) is 0 Å². The molecule has 2 aromatic rings. The molecule has 0 saturated carbocycles. The van der Waals surface area contributed by atoms with Gasteiger partial charge in [-0.25, -0.2) is 4.68 Å². The Balaban J connectivity index is 2.28. The number of benzene rings is 1. The van der Waals surface area contributed by atoms with Crippen LogP contribution in [0.25, 0.3) is 0 Å². The SMILES string of the molecule is Cc1nn(C)c(=O)c(C(=O)N(CCO)CCc2ccccc2)c1C. The monoisotopic (exact) mass is 329 g/mol. The quantitative estimate of drug-likeness (QED) is 0.860. The van der Waals surface area contributed by atoms with Crippen LogP contribution in [-0.2, 0) is 13.5 Å². The molecule has 128 valence electrons. The fourth-order valence-electron chi connectivity index (χ4n) is 2.60. The molecule has 0 saturated heterocycles. The summed E-state index contributed by atoms with van der Waals surface area (Å²) in [5.74, 6) is -0.358. The highest BCUT2D eigenvalue weighted by atomic mass is 16.3. The van der Waals surface area contributed by atoms with Gasteiger partial charge in [0.1, 0.15) is 5.56 Å². The molecule has 0 aliphatic rings. The number of hydrogen-bond donors (Lipinski definition) is 1. The summed E-state index contributed by atoms with van der Waals surface area (Å²) < 4.78 is 1.18. The second-order valence-electron chi connectivity index (χ2n) is 5.77. The summed E-state index contributed by atoms with van der Waals surface area (Å²) in [7, 11) is 1.53. The van der Waals surface area contributed by atoms with Crippen LogP contribution in [0.2, 0.25) is 0 Å². The van der Waals surface area contributed by atoms with E-state index in [0.717, 1.165) is 5.56 Å². The molecular formula is C18H23N3O3. The third-order valence-corrected chi connectivity index (χ3v) is 4.11. The highest BCUT2D eigenvalue weighted by Crippen LogP contribution is 2.10. The second-order valence-corrected chi connectivity index (χ2v) is 5.77. The molecule has 6 heteroatoms.